The number of carbonyl (C=O) groups is 1. The van der Waals surface area contributed by atoms with Crippen molar-refractivity contribution in [3.8, 4) is 11.3 Å². The summed E-state index contributed by atoms with van der Waals surface area (Å²) in [4.78, 5) is 18.0. The van der Waals surface area contributed by atoms with Gasteiger partial charge in [-0.05, 0) is 23.9 Å². The number of carboxylic acid groups (broad SMARTS) is 1. The molecule has 1 N–H and O–H groups in total. The van der Waals surface area contributed by atoms with E-state index in [1.54, 1.807) is 18.3 Å². The molecule has 1 radical (unpaired) electrons. The standard InChI is InChI=1S/C13H12N.C6H5NO2.Rh/c1-10-7-11(2)9-12(8-10)13-5-3-4-6-14-13;8-6(9)5-3-1-2-4-7-5;/h3-8H,1-2H3;1-4H,(H,8,9);/q-1;;. The SMILES string of the molecule is Cc1[c-]c(-c2ccccn2)cc(C)c1.O=C(O)c1ccccn1.[Rh]. The zero-order valence-corrected chi connectivity index (χ0v) is 15.0. The van der Waals surface area contributed by atoms with E-state index in [1.807, 2.05) is 18.2 Å². The van der Waals surface area contributed by atoms with Crippen LogP contribution in [0.3, 0.4) is 0 Å². The van der Waals surface area contributed by atoms with Gasteiger partial charge in [0.15, 0.2) is 0 Å². The van der Waals surface area contributed by atoms with Crippen molar-refractivity contribution in [3.05, 3.63) is 83.8 Å². The van der Waals surface area contributed by atoms with Crippen LogP contribution in [-0.2, 0) is 19.5 Å². The van der Waals surface area contributed by atoms with Gasteiger partial charge in [-0.15, -0.1) is 34.9 Å². The molecule has 4 nitrogen and oxygen atoms in total. The summed E-state index contributed by atoms with van der Waals surface area (Å²) in [5.41, 5.74) is 4.55. The molecule has 0 bridgehead atoms. The molecule has 0 fully saturated rings. The average Bonchev–Trinajstić information content (AvgIpc) is 2.56. The zero-order valence-electron chi connectivity index (χ0n) is 13.4. The van der Waals surface area contributed by atoms with E-state index in [0.29, 0.717) is 0 Å². The maximum absolute atomic E-state index is 10.1. The molecule has 125 valence electrons. The van der Waals surface area contributed by atoms with Gasteiger partial charge in [0.2, 0.25) is 0 Å². The van der Waals surface area contributed by atoms with Gasteiger partial charge in [-0.3, -0.25) is 0 Å². The van der Waals surface area contributed by atoms with Crippen molar-refractivity contribution < 1.29 is 29.4 Å². The number of benzene rings is 1. The monoisotopic (exact) mass is 408 g/mol. The minimum atomic E-state index is -0.990. The molecule has 0 amide bonds. The fourth-order valence-electron chi connectivity index (χ4n) is 2.04. The maximum Gasteiger partial charge on any atom is 0.354 e. The molecule has 0 saturated carbocycles. The van der Waals surface area contributed by atoms with E-state index in [2.05, 4.69) is 42.0 Å². The fraction of sp³-hybridized carbons (Fsp3) is 0.105. The van der Waals surface area contributed by atoms with Crippen molar-refractivity contribution >= 4 is 5.97 Å². The van der Waals surface area contributed by atoms with Crippen molar-refractivity contribution in [2.75, 3.05) is 0 Å². The van der Waals surface area contributed by atoms with E-state index in [0.717, 1.165) is 16.8 Å². The predicted octanol–water partition coefficient (Wildman–Crippen LogP) is 3.94. The van der Waals surface area contributed by atoms with Crippen LogP contribution in [-0.4, -0.2) is 21.0 Å². The van der Waals surface area contributed by atoms with Gasteiger partial charge in [0.25, 0.3) is 0 Å². The number of carboxylic acids is 1. The summed E-state index contributed by atoms with van der Waals surface area (Å²) in [6, 6.07) is 18.2. The van der Waals surface area contributed by atoms with Gasteiger partial charge in [0.05, 0.1) is 0 Å². The molecule has 5 heteroatoms. The predicted molar refractivity (Wildman–Crippen MR) is 89.2 cm³/mol. The summed E-state index contributed by atoms with van der Waals surface area (Å²) < 4.78 is 0. The van der Waals surface area contributed by atoms with Crippen LogP contribution >= 0.6 is 0 Å². The zero-order chi connectivity index (χ0) is 16.7. The Labute approximate surface area is 154 Å². The number of aromatic carboxylic acids is 1. The minimum Gasteiger partial charge on any atom is -0.477 e. The van der Waals surface area contributed by atoms with Crippen LogP contribution < -0.4 is 0 Å². The average molecular weight is 408 g/mol. The van der Waals surface area contributed by atoms with Crippen molar-refractivity contribution in [1.29, 1.82) is 0 Å². The Kier molecular flexibility index (Phi) is 7.93. The molecule has 0 saturated heterocycles. The third-order valence-electron chi connectivity index (χ3n) is 2.97. The number of pyridine rings is 2. The second-order valence-electron chi connectivity index (χ2n) is 4.99. The Bertz CT molecular complexity index is 758. The van der Waals surface area contributed by atoms with Gasteiger partial charge in [-0.25, -0.2) is 9.78 Å². The molecule has 0 spiro atoms. The summed E-state index contributed by atoms with van der Waals surface area (Å²) in [7, 11) is 0. The molecule has 0 atom stereocenters. The van der Waals surface area contributed by atoms with Gasteiger partial charge in [0.1, 0.15) is 5.69 Å². The number of aryl methyl sites for hydroxylation is 2. The third-order valence-corrected chi connectivity index (χ3v) is 2.97. The van der Waals surface area contributed by atoms with Gasteiger partial charge in [-0.2, -0.15) is 0 Å². The Hall–Kier alpha value is -2.39. The molecule has 2 aromatic heterocycles. The Morgan fingerprint density at radius 1 is 1.00 bits per heavy atom. The summed E-state index contributed by atoms with van der Waals surface area (Å²) in [6.07, 6.45) is 3.25. The van der Waals surface area contributed by atoms with Crippen LogP contribution in [0.4, 0.5) is 0 Å². The van der Waals surface area contributed by atoms with E-state index in [4.69, 9.17) is 5.11 Å². The van der Waals surface area contributed by atoms with E-state index in [1.165, 1.54) is 17.8 Å². The molecule has 3 aromatic rings. The first-order valence-electron chi connectivity index (χ1n) is 7.12. The Morgan fingerprint density at radius 2 is 1.67 bits per heavy atom. The first kappa shape index (κ1) is 19.7. The quantitative estimate of drug-likeness (QED) is 0.516. The normalized spacial score (nSPS) is 9.25. The summed E-state index contributed by atoms with van der Waals surface area (Å²) in [5.74, 6) is -0.990. The molecular formula is C19H17N2O2Rh-. The molecule has 2 heterocycles. The van der Waals surface area contributed by atoms with Crippen molar-refractivity contribution in [1.82, 2.24) is 9.97 Å². The van der Waals surface area contributed by atoms with Crippen LogP contribution in [0.15, 0.2) is 60.9 Å². The second kappa shape index (κ2) is 9.69. The first-order chi connectivity index (χ1) is 11.1. The van der Waals surface area contributed by atoms with E-state index >= 15 is 0 Å². The maximum atomic E-state index is 10.1. The van der Waals surface area contributed by atoms with Gasteiger partial charge >= 0.3 is 5.97 Å². The van der Waals surface area contributed by atoms with Crippen LogP contribution in [0.2, 0.25) is 0 Å². The number of hydrogen-bond donors (Lipinski definition) is 1. The second-order valence-corrected chi connectivity index (χ2v) is 4.99. The minimum absolute atomic E-state index is 0. The largest absolute Gasteiger partial charge is 0.477 e. The summed E-state index contributed by atoms with van der Waals surface area (Å²) in [6.45, 7) is 4.15. The topological polar surface area (TPSA) is 63.1 Å². The van der Waals surface area contributed by atoms with Crippen molar-refractivity contribution in [2.24, 2.45) is 0 Å². The van der Waals surface area contributed by atoms with E-state index < -0.39 is 5.97 Å². The van der Waals surface area contributed by atoms with Gasteiger partial charge < -0.3 is 10.1 Å². The molecule has 3 rings (SSSR count). The number of aromatic nitrogens is 2. The third kappa shape index (κ3) is 6.01. The first-order valence-corrected chi connectivity index (χ1v) is 7.12. The molecule has 1 aromatic carbocycles. The summed E-state index contributed by atoms with van der Waals surface area (Å²) >= 11 is 0. The summed E-state index contributed by atoms with van der Waals surface area (Å²) in [5, 5.41) is 8.32. The van der Waals surface area contributed by atoms with Crippen LogP contribution in [0, 0.1) is 19.9 Å². The number of nitrogens with zero attached hydrogens (tertiary/aromatic N) is 2. The fourth-order valence-corrected chi connectivity index (χ4v) is 2.04. The van der Waals surface area contributed by atoms with Crippen LogP contribution in [0.1, 0.15) is 21.6 Å². The Morgan fingerprint density at radius 3 is 2.12 bits per heavy atom. The smallest absolute Gasteiger partial charge is 0.354 e. The molecule has 0 unspecified atom stereocenters. The molecule has 24 heavy (non-hydrogen) atoms. The molecule has 0 aliphatic rings. The number of rotatable bonds is 2. The molecular weight excluding hydrogens is 391 g/mol. The van der Waals surface area contributed by atoms with Crippen LogP contribution in [0.25, 0.3) is 11.3 Å². The van der Waals surface area contributed by atoms with Crippen molar-refractivity contribution in [3.63, 3.8) is 0 Å². The van der Waals surface area contributed by atoms with E-state index in [9.17, 15) is 4.79 Å². The Balaban J connectivity index is 0.000000252. The molecule has 0 aliphatic carbocycles. The van der Waals surface area contributed by atoms with Gasteiger partial charge in [-0.1, -0.05) is 32.0 Å². The van der Waals surface area contributed by atoms with Gasteiger partial charge in [0, 0.05) is 31.9 Å². The van der Waals surface area contributed by atoms with Crippen LogP contribution in [0.5, 0.6) is 0 Å². The molecule has 0 aliphatic heterocycles. The van der Waals surface area contributed by atoms with E-state index in [-0.39, 0.29) is 25.2 Å². The van der Waals surface area contributed by atoms with Crippen molar-refractivity contribution in [2.45, 2.75) is 13.8 Å². The number of hydrogen-bond acceptors (Lipinski definition) is 3.